The summed E-state index contributed by atoms with van der Waals surface area (Å²) in [5.74, 6) is 1.45. The van der Waals surface area contributed by atoms with Crippen molar-refractivity contribution in [3.63, 3.8) is 0 Å². The van der Waals surface area contributed by atoms with Crippen LogP contribution in [0.3, 0.4) is 0 Å². The smallest absolute Gasteiger partial charge is 0.195 e. The second kappa shape index (κ2) is 4.91. The molecule has 0 aliphatic carbocycles. The van der Waals surface area contributed by atoms with E-state index in [4.69, 9.17) is 11.6 Å². The first-order chi connectivity index (χ1) is 8.79. The highest BCUT2D eigenvalue weighted by atomic mass is 35.5. The van der Waals surface area contributed by atoms with Crippen molar-refractivity contribution < 1.29 is 0 Å². The van der Waals surface area contributed by atoms with Gasteiger partial charge in [0.05, 0.1) is 18.1 Å². The standard InChI is InChI=1S/C12H12ClN3S2/c1-15(8-9-3-2-5-17-9)11-10(7-13)16-4-6-18-12(16)14-11/h2-6H,7-8H2,1H3. The molecular formula is C12H12ClN3S2. The molecule has 3 nitrogen and oxygen atoms in total. The number of thiazole rings is 1. The molecule has 0 aliphatic heterocycles. The molecule has 0 radical (unpaired) electrons. The summed E-state index contributed by atoms with van der Waals surface area (Å²) >= 11 is 9.45. The molecule has 94 valence electrons. The van der Waals surface area contributed by atoms with E-state index in [9.17, 15) is 0 Å². The molecule has 3 rings (SSSR count). The van der Waals surface area contributed by atoms with Gasteiger partial charge in [-0.25, -0.2) is 4.98 Å². The summed E-state index contributed by atoms with van der Waals surface area (Å²) < 4.78 is 2.07. The topological polar surface area (TPSA) is 20.5 Å². The highest BCUT2D eigenvalue weighted by Crippen LogP contribution is 2.26. The van der Waals surface area contributed by atoms with Crippen LogP contribution in [0, 0.1) is 0 Å². The molecule has 0 spiro atoms. The lowest BCUT2D eigenvalue weighted by Crippen LogP contribution is -2.17. The molecular weight excluding hydrogens is 286 g/mol. The molecule has 6 heteroatoms. The van der Waals surface area contributed by atoms with Crippen molar-refractivity contribution in [2.75, 3.05) is 11.9 Å². The van der Waals surface area contributed by atoms with Gasteiger partial charge in [-0.3, -0.25) is 4.40 Å². The lowest BCUT2D eigenvalue weighted by molar-refractivity contribution is 0.908. The van der Waals surface area contributed by atoms with E-state index in [-0.39, 0.29) is 0 Å². The molecule has 0 amide bonds. The number of nitrogens with zero attached hydrogens (tertiary/aromatic N) is 3. The summed E-state index contributed by atoms with van der Waals surface area (Å²) in [6.45, 7) is 0.867. The minimum absolute atomic E-state index is 0.474. The zero-order chi connectivity index (χ0) is 12.5. The van der Waals surface area contributed by atoms with Gasteiger partial charge in [0.15, 0.2) is 10.8 Å². The first-order valence-electron chi connectivity index (χ1n) is 5.53. The van der Waals surface area contributed by atoms with E-state index in [1.54, 1.807) is 22.7 Å². The predicted molar refractivity (Wildman–Crippen MR) is 79.1 cm³/mol. The van der Waals surface area contributed by atoms with Gasteiger partial charge in [-0.1, -0.05) is 6.07 Å². The lowest BCUT2D eigenvalue weighted by Gasteiger charge is -2.16. The average molecular weight is 298 g/mol. The monoisotopic (exact) mass is 297 g/mol. The van der Waals surface area contributed by atoms with Crippen molar-refractivity contribution in [1.82, 2.24) is 9.38 Å². The van der Waals surface area contributed by atoms with Gasteiger partial charge in [0.25, 0.3) is 0 Å². The summed E-state index contributed by atoms with van der Waals surface area (Å²) in [6.07, 6.45) is 2.02. The first kappa shape index (κ1) is 12.0. The molecule has 3 heterocycles. The van der Waals surface area contributed by atoms with Crippen molar-refractivity contribution in [3.8, 4) is 0 Å². The van der Waals surface area contributed by atoms with Crippen LogP contribution in [-0.4, -0.2) is 16.4 Å². The van der Waals surface area contributed by atoms with Gasteiger partial charge in [-0.05, 0) is 11.4 Å². The van der Waals surface area contributed by atoms with Crippen LogP contribution in [0.15, 0.2) is 29.1 Å². The number of hydrogen-bond acceptors (Lipinski definition) is 4. The van der Waals surface area contributed by atoms with E-state index >= 15 is 0 Å². The second-order valence-corrected chi connectivity index (χ2v) is 6.18. The Kier molecular flexibility index (Phi) is 3.28. The summed E-state index contributed by atoms with van der Waals surface area (Å²) in [6, 6.07) is 4.21. The molecule has 0 aromatic carbocycles. The maximum absolute atomic E-state index is 6.06. The fourth-order valence-electron chi connectivity index (χ4n) is 1.96. The number of thiophene rings is 1. The Bertz CT molecular complexity index is 641. The van der Waals surface area contributed by atoms with E-state index in [0.29, 0.717) is 5.88 Å². The van der Waals surface area contributed by atoms with Crippen LogP contribution >= 0.6 is 34.3 Å². The summed E-state index contributed by atoms with van der Waals surface area (Å²) in [4.78, 5) is 9.13. The zero-order valence-electron chi connectivity index (χ0n) is 9.84. The minimum atomic E-state index is 0.474. The van der Waals surface area contributed by atoms with Gasteiger partial charge < -0.3 is 4.90 Å². The quantitative estimate of drug-likeness (QED) is 0.682. The molecule has 0 atom stereocenters. The Labute approximate surface area is 118 Å². The minimum Gasteiger partial charge on any atom is -0.353 e. The van der Waals surface area contributed by atoms with E-state index in [0.717, 1.165) is 23.0 Å². The van der Waals surface area contributed by atoms with E-state index in [2.05, 4.69) is 38.8 Å². The van der Waals surface area contributed by atoms with Crippen LogP contribution < -0.4 is 4.90 Å². The molecule has 0 saturated heterocycles. The van der Waals surface area contributed by atoms with Gasteiger partial charge >= 0.3 is 0 Å². The molecule has 0 fully saturated rings. The first-order valence-corrected chi connectivity index (χ1v) is 7.83. The van der Waals surface area contributed by atoms with E-state index < -0.39 is 0 Å². The van der Waals surface area contributed by atoms with Crippen LogP contribution in [0.25, 0.3) is 4.96 Å². The Morgan fingerprint density at radius 2 is 2.28 bits per heavy atom. The van der Waals surface area contributed by atoms with Gasteiger partial charge in [-0.2, -0.15) is 0 Å². The van der Waals surface area contributed by atoms with Crippen molar-refractivity contribution in [3.05, 3.63) is 39.7 Å². The van der Waals surface area contributed by atoms with Crippen LogP contribution in [-0.2, 0) is 12.4 Å². The molecule has 3 aromatic heterocycles. The maximum Gasteiger partial charge on any atom is 0.195 e. The molecule has 0 unspecified atom stereocenters. The molecule has 0 N–H and O–H groups in total. The van der Waals surface area contributed by atoms with Crippen LogP contribution in [0.5, 0.6) is 0 Å². The maximum atomic E-state index is 6.06. The van der Waals surface area contributed by atoms with E-state index in [1.165, 1.54) is 4.88 Å². The molecule has 0 aliphatic rings. The molecule has 0 saturated carbocycles. The normalized spacial score (nSPS) is 11.2. The number of imidazole rings is 1. The predicted octanol–water partition coefficient (Wildman–Crippen LogP) is 3.83. The number of fused-ring (bicyclic) bond motifs is 1. The number of anilines is 1. The number of hydrogen-bond donors (Lipinski definition) is 0. The number of aromatic nitrogens is 2. The second-order valence-electron chi connectivity index (χ2n) is 4.01. The van der Waals surface area contributed by atoms with Crippen LogP contribution in [0.1, 0.15) is 10.6 Å². The van der Waals surface area contributed by atoms with E-state index in [1.807, 2.05) is 11.6 Å². The third kappa shape index (κ3) is 2.02. The van der Waals surface area contributed by atoms with Gasteiger partial charge in [0.1, 0.15) is 0 Å². The van der Waals surface area contributed by atoms with Gasteiger partial charge in [0, 0.05) is 23.5 Å². The number of rotatable bonds is 4. The summed E-state index contributed by atoms with van der Waals surface area (Å²) in [5, 5.41) is 4.12. The van der Waals surface area contributed by atoms with Crippen molar-refractivity contribution in [2.24, 2.45) is 0 Å². The van der Waals surface area contributed by atoms with Gasteiger partial charge in [0.2, 0.25) is 0 Å². The van der Waals surface area contributed by atoms with Crippen molar-refractivity contribution >= 4 is 45.1 Å². The Balaban J connectivity index is 1.95. The van der Waals surface area contributed by atoms with Crippen LogP contribution in [0.4, 0.5) is 5.82 Å². The number of halogens is 1. The number of alkyl halides is 1. The molecule has 3 aromatic rings. The average Bonchev–Trinajstić information content (AvgIpc) is 3.03. The SMILES string of the molecule is CN(Cc1cccs1)c1nc2sccn2c1CCl. The van der Waals surface area contributed by atoms with Crippen molar-refractivity contribution in [1.29, 1.82) is 0 Å². The molecule has 18 heavy (non-hydrogen) atoms. The lowest BCUT2D eigenvalue weighted by atomic mass is 10.4. The van der Waals surface area contributed by atoms with Crippen molar-refractivity contribution in [2.45, 2.75) is 12.4 Å². The fourth-order valence-corrected chi connectivity index (χ4v) is 3.70. The fraction of sp³-hybridized carbons (Fsp3) is 0.250. The summed E-state index contributed by atoms with van der Waals surface area (Å²) in [5.41, 5.74) is 1.06. The highest BCUT2D eigenvalue weighted by molar-refractivity contribution is 7.15. The molecule has 0 bridgehead atoms. The highest BCUT2D eigenvalue weighted by Gasteiger charge is 2.16. The zero-order valence-corrected chi connectivity index (χ0v) is 12.2. The Hall–Kier alpha value is -1.04. The summed E-state index contributed by atoms with van der Waals surface area (Å²) in [7, 11) is 2.06. The van der Waals surface area contributed by atoms with Crippen LogP contribution in [0.2, 0.25) is 0 Å². The third-order valence-electron chi connectivity index (χ3n) is 2.80. The van der Waals surface area contributed by atoms with Gasteiger partial charge in [-0.15, -0.1) is 34.3 Å². The Morgan fingerprint density at radius 1 is 1.39 bits per heavy atom. The third-order valence-corrected chi connectivity index (χ3v) is 4.67. The largest absolute Gasteiger partial charge is 0.353 e. The Morgan fingerprint density at radius 3 is 3.00 bits per heavy atom.